The predicted molar refractivity (Wildman–Crippen MR) is 116 cm³/mol. The lowest BCUT2D eigenvalue weighted by Gasteiger charge is -2.11. The molecule has 0 saturated carbocycles. The van der Waals surface area contributed by atoms with Gasteiger partial charge in [-0.25, -0.2) is 19.4 Å². The fourth-order valence-electron chi connectivity index (χ4n) is 3.01. The smallest absolute Gasteiger partial charge is 0.315 e. The van der Waals surface area contributed by atoms with E-state index < -0.39 is 0 Å². The molecular formula is C21H21N9O2. The second-order valence-electron chi connectivity index (χ2n) is 6.81. The van der Waals surface area contributed by atoms with Crippen LogP contribution in [-0.4, -0.2) is 41.5 Å². The molecule has 162 valence electrons. The summed E-state index contributed by atoms with van der Waals surface area (Å²) in [6.07, 6.45) is 7.97. The zero-order valence-corrected chi connectivity index (χ0v) is 17.0. The van der Waals surface area contributed by atoms with Crippen LogP contribution >= 0.6 is 0 Å². The molecule has 3 aromatic heterocycles. The summed E-state index contributed by atoms with van der Waals surface area (Å²) in [5.74, 6) is 0.417. The van der Waals surface area contributed by atoms with Crippen molar-refractivity contribution >= 4 is 17.6 Å². The van der Waals surface area contributed by atoms with Gasteiger partial charge in [0.15, 0.2) is 5.82 Å². The first-order valence-corrected chi connectivity index (χ1v) is 9.84. The molecule has 0 aliphatic carbocycles. The summed E-state index contributed by atoms with van der Waals surface area (Å²) >= 11 is 0. The van der Waals surface area contributed by atoms with Gasteiger partial charge in [0.25, 0.3) is 0 Å². The zero-order valence-electron chi connectivity index (χ0n) is 17.0. The van der Waals surface area contributed by atoms with Crippen LogP contribution in [0.25, 0.3) is 5.82 Å². The molecule has 11 heteroatoms. The van der Waals surface area contributed by atoms with Gasteiger partial charge in [-0.1, -0.05) is 18.2 Å². The van der Waals surface area contributed by atoms with Crippen LogP contribution in [0.2, 0.25) is 0 Å². The normalized spacial score (nSPS) is 10.5. The maximum Gasteiger partial charge on any atom is 0.315 e. The van der Waals surface area contributed by atoms with Gasteiger partial charge in [-0.05, 0) is 29.8 Å². The second-order valence-corrected chi connectivity index (χ2v) is 6.81. The molecule has 3 heterocycles. The van der Waals surface area contributed by atoms with E-state index in [-0.39, 0.29) is 25.0 Å². The minimum atomic E-state index is -0.327. The number of carbonyl (C=O) groups excluding carboxylic acids is 2. The van der Waals surface area contributed by atoms with E-state index in [4.69, 9.17) is 0 Å². The van der Waals surface area contributed by atoms with Gasteiger partial charge < -0.3 is 16.0 Å². The number of urea groups is 1. The van der Waals surface area contributed by atoms with E-state index in [2.05, 4.69) is 36.1 Å². The van der Waals surface area contributed by atoms with Crippen LogP contribution in [0.4, 0.5) is 10.5 Å². The summed E-state index contributed by atoms with van der Waals surface area (Å²) in [6.45, 7) is 0.707. The molecule has 0 spiro atoms. The molecule has 1 aromatic carbocycles. The summed E-state index contributed by atoms with van der Waals surface area (Å²) in [7, 11) is 0. The Balaban J connectivity index is 1.27. The van der Waals surface area contributed by atoms with E-state index in [1.807, 2.05) is 24.3 Å². The lowest BCUT2D eigenvalue weighted by Crippen LogP contribution is -2.34. The van der Waals surface area contributed by atoms with Gasteiger partial charge in [0, 0.05) is 42.9 Å². The number of benzene rings is 1. The maximum absolute atomic E-state index is 12.3. The van der Waals surface area contributed by atoms with Gasteiger partial charge in [-0.2, -0.15) is 10.2 Å². The van der Waals surface area contributed by atoms with Crippen molar-refractivity contribution in [3.63, 3.8) is 0 Å². The van der Waals surface area contributed by atoms with Crippen molar-refractivity contribution in [2.75, 3.05) is 5.32 Å². The Morgan fingerprint density at radius 2 is 1.88 bits per heavy atom. The van der Waals surface area contributed by atoms with E-state index in [0.29, 0.717) is 18.1 Å². The Hall–Kier alpha value is -4.54. The molecule has 0 bridgehead atoms. The minimum absolute atomic E-state index is 0.128. The minimum Gasteiger partial charge on any atom is -0.334 e. The Morgan fingerprint density at radius 1 is 0.969 bits per heavy atom. The third-order valence-electron chi connectivity index (χ3n) is 4.47. The zero-order chi connectivity index (χ0) is 22.2. The molecular weight excluding hydrogens is 410 g/mol. The molecule has 0 atom stereocenters. The maximum atomic E-state index is 12.3. The van der Waals surface area contributed by atoms with E-state index in [1.165, 1.54) is 6.33 Å². The summed E-state index contributed by atoms with van der Waals surface area (Å²) < 4.78 is 3.09. The number of anilines is 1. The predicted octanol–water partition coefficient (Wildman–Crippen LogP) is 1.50. The quantitative estimate of drug-likeness (QED) is 0.387. The van der Waals surface area contributed by atoms with Crippen molar-refractivity contribution < 1.29 is 9.59 Å². The van der Waals surface area contributed by atoms with Gasteiger partial charge >= 0.3 is 6.03 Å². The first kappa shape index (κ1) is 20.7. The van der Waals surface area contributed by atoms with Gasteiger partial charge in [0.2, 0.25) is 5.91 Å². The van der Waals surface area contributed by atoms with Gasteiger partial charge in [-0.3, -0.25) is 9.48 Å². The molecule has 0 fully saturated rings. The lowest BCUT2D eigenvalue weighted by molar-refractivity contribution is -0.116. The molecule has 0 aliphatic heterocycles. The molecule has 3 amide bonds. The molecule has 32 heavy (non-hydrogen) atoms. The van der Waals surface area contributed by atoms with Gasteiger partial charge in [0.05, 0.1) is 0 Å². The van der Waals surface area contributed by atoms with Gasteiger partial charge in [0.1, 0.15) is 19.2 Å². The Kier molecular flexibility index (Phi) is 6.46. The first-order chi connectivity index (χ1) is 15.7. The van der Waals surface area contributed by atoms with Crippen molar-refractivity contribution in [1.82, 2.24) is 40.2 Å². The van der Waals surface area contributed by atoms with E-state index in [1.54, 1.807) is 52.5 Å². The van der Waals surface area contributed by atoms with Crippen molar-refractivity contribution in [3.05, 3.63) is 84.8 Å². The number of hydrogen-bond donors (Lipinski definition) is 3. The number of nitrogens with zero attached hydrogens (tertiary/aromatic N) is 6. The number of carbonyl (C=O) groups is 2. The summed E-state index contributed by atoms with van der Waals surface area (Å²) in [5, 5.41) is 16.5. The fraction of sp³-hybridized carbons (Fsp3) is 0.143. The van der Waals surface area contributed by atoms with Crippen LogP contribution in [0, 0.1) is 0 Å². The van der Waals surface area contributed by atoms with Crippen LogP contribution in [0.3, 0.4) is 0 Å². The van der Waals surface area contributed by atoms with Crippen LogP contribution in [0.15, 0.2) is 73.7 Å². The van der Waals surface area contributed by atoms with E-state index in [0.717, 1.165) is 11.1 Å². The van der Waals surface area contributed by atoms with Crippen LogP contribution in [0.5, 0.6) is 0 Å². The van der Waals surface area contributed by atoms with Crippen molar-refractivity contribution in [2.24, 2.45) is 0 Å². The number of amides is 3. The first-order valence-electron chi connectivity index (χ1n) is 9.84. The highest BCUT2D eigenvalue weighted by atomic mass is 16.2. The third kappa shape index (κ3) is 5.53. The SMILES string of the molecule is O=C(Cn1cccn1)Nc1cccc(CNC(=O)NCc2cccnc2-n2cncn2)c1. The molecule has 4 rings (SSSR count). The summed E-state index contributed by atoms with van der Waals surface area (Å²) in [6, 6.07) is 12.4. The topological polar surface area (TPSA) is 132 Å². The fourth-order valence-corrected chi connectivity index (χ4v) is 3.01. The molecule has 4 aromatic rings. The number of nitrogens with one attached hydrogen (secondary N) is 3. The second kappa shape index (κ2) is 9.98. The van der Waals surface area contributed by atoms with Gasteiger partial charge in [-0.15, -0.1) is 0 Å². The standard InChI is InChI=1S/C21H21N9O2/c31-19(13-29-9-3-8-26-29)28-18-6-1-4-16(10-18)11-24-21(32)25-12-17-5-2-7-23-20(17)30-15-22-14-27-30/h1-10,14-15H,11-13H2,(H,28,31)(H2,24,25,32). The van der Waals surface area contributed by atoms with Crippen LogP contribution < -0.4 is 16.0 Å². The van der Waals surface area contributed by atoms with Crippen molar-refractivity contribution in [2.45, 2.75) is 19.6 Å². The summed E-state index contributed by atoms with van der Waals surface area (Å²) in [4.78, 5) is 32.6. The summed E-state index contributed by atoms with van der Waals surface area (Å²) in [5.41, 5.74) is 2.30. The largest absolute Gasteiger partial charge is 0.334 e. The molecule has 11 nitrogen and oxygen atoms in total. The molecule has 0 radical (unpaired) electrons. The average Bonchev–Trinajstić information content (AvgIpc) is 3.51. The lowest BCUT2D eigenvalue weighted by atomic mass is 10.2. The Morgan fingerprint density at radius 3 is 2.69 bits per heavy atom. The Labute approximate surface area is 183 Å². The van der Waals surface area contributed by atoms with Crippen LogP contribution in [-0.2, 0) is 24.4 Å². The highest BCUT2D eigenvalue weighted by Crippen LogP contribution is 2.11. The van der Waals surface area contributed by atoms with E-state index >= 15 is 0 Å². The average molecular weight is 431 g/mol. The molecule has 3 N–H and O–H groups in total. The number of rotatable bonds is 8. The van der Waals surface area contributed by atoms with E-state index in [9.17, 15) is 9.59 Å². The number of aromatic nitrogens is 6. The molecule has 0 unspecified atom stereocenters. The Bertz CT molecular complexity index is 1170. The number of pyridine rings is 1. The number of hydrogen-bond acceptors (Lipinski definition) is 6. The molecule has 0 aliphatic rings. The highest BCUT2D eigenvalue weighted by molar-refractivity contribution is 5.90. The molecule has 0 saturated heterocycles. The third-order valence-corrected chi connectivity index (χ3v) is 4.47. The van der Waals surface area contributed by atoms with Crippen molar-refractivity contribution in [1.29, 1.82) is 0 Å². The van der Waals surface area contributed by atoms with Crippen LogP contribution in [0.1, 0.15) is 11.1 Å². The highest BCUT2D eigenvalue weighted by Gasteiger charge is 2.09. The monoisotopic (exact) mass is 431 g/mol. The van der Waals surface area contributed by atoms with Crippen molar-refractivity contribution in [3.8, 4) is 5.82 Å².